The van der Waals surface area contributed by atoms with Crippen LogP contribution in [0.2, 0.25) is 0 Å². The normalized spacial score (nSPS) is 13.8. The van der Waals surface area contributed by atoms with Crippen LogP contribution < -0.4 is 0 Å². The number of allylic oxidation sites excluding steroid dienone is 12. The summed E-state index contributed by atoms with van der Waals surface area (Å²) in [4.78, 5) is 65.8. The van der Waals surface area contributed by atoms with Gasteiger partial charge in [0, 0.05) is 12.8 Å². The summed E-state index contributed by atoms with van der Waals surface area (Å²) in [5, 5.41) is 9.13. The second kappa shape index (κ2) is 36.3. The largest absolute Gasteiger partial charge is 0.462 e. The predicted molar refractivity (Wildman–Crippen MR) is 215 cm³/mol. The van der Waals surface area contributed by atoms with Crippen molar-refractivity contribution in [3.05, 3.63) is 72.9 Å². The Hall–Kier alpha value is -2.72. The lowest BCUT2D eigenvalue weighted by atomic mass is 10.1. The van der Waals surface area contributed by atoms with Gasteiger partial charge in [-0.25, -0.2) is 0 Å². The van der Waals surface area contributed by atoms with Crippen LogP contribution in [0.15, 0.2) is 72.9 Å². The molecule has 0 aliphatic heterocycles. The minimum Gasteiger partial charge on any atom is -0.462 e. The predicted octanol–water partition coefficient (Wildman–Crippen LogP) is 9.26. The van der Waals surface area contributed by atoms with Gasteiger partial charge in [0.15, 0.2) is 6.10 Å². The van der Waals surface area contributed by atoms with Crippen molar-refractivity contribution in [2.24, 2.45) is 0 Å². The topological polar surface area (TPSA) is 160 Å². The van der Waals surface area contributed by atoms with E-state index < -0.39 is 50.8 Å². The number of Topliss-reactive ketones (excluding diaryl/α,β-unsaturated/α-hetero) is 1. The second-order valence-corrected chi connectivity index (χ2v) is 14.6. The SMILES string of the molecule is CCC=CCC=CCC=CCCCCCCCC(=O)OC[C@H](COC(C(=O)CO)[P+](O)(O)O)OC(=O)CCCCCCCC=CCC=CCC=CCC. The van der Waals surface area contributed by atoms with Crippen molar-refractivity contribution >= 4 is 25.7 Å². The summed E-state index contributed by atoms with van der Waals surface area (Å²) in [6.45, 7) is 2.23. The Labute approximate surface area is 320 Å². The third-order valence-electron chi connectivity index (χ3n) is 7.98. The lowest BCUT2D eigenvalue weighted by molar-refractivity contribution is -0.164. The summed E-state index contributed by atoms with van der Waals surface area (Å²) < 4.78 is 15.9. The number of aliphatic hydroxyl groups is 1. The number of aliphatic hydroxyl groups excluding tert-OH is 1. The molecule has 0 bridgehead atoms. The molecule has 53 heavy (non-hydrogen) atoms. The first-order valence-electron chi connectivity index (χ1n) is 19.7. The maximum Gasteiger partial charge on any atom is 0.443 e. The zero-order chi connectivity index (χ0) is 39.3. The second-order valence-electron chi connectivity index (χ2n) is 12.9. The molecule has 1 unspecified atom stereocenters. The van der Waals surface area contributed by atoms with Crippen LogP contribution in [0.4, 0.5) is 0 Å². The molecule has 10 nitrogen and oxygen atoms in total. The fraction of sp³-hybridized carbons (Fsp3) is 0.643. The van der Waals surface area contributed by atoms with E-state index in [1.807, 2.05) is 0 Å². The Kier molecular flexibility index (Phi) is 34.4. The third kappa shape index (κ3) is 33.6. The molecule has 0 amide bonds. The van der Waals surface area contributed by atoms with Gasteiger partial charge in [-0.2, -0.15) is 14.7 Å². The van der Waals surface area contributed by atoms with Gasteiger partial charge in [0.1, 0.15) is 13.2 Å². The van der Waals surface area contributed by atoms with Crippen molar-refractivity contribution in [3.63, 3.8) is 0 Å². The monoisotopic (exact) mass is 765 g/mol. The van der Waals surface area contributed by atoms with Crippen LogP contribution in [0.25, 0.3) is 0 Å². The van der Waals surface area contributed by atoms with Gasteiger partial charge in [-0.15, -0.1) is 0 Å². The van der Waals surface area contributed by atoms with Gasteiger partial charge >= 0.3 is 25.7 Å². The molecule has 0 aromatic rings. The lowest BCUT2D eigenvalue weighted by Gasteiger charge is -2.21. The highest BCUT2D eigenvalue weighted by atomic mass is 31.2. The average molecular weight is 766 g/mol. The van der Waals surface area contributed by atoms with E-state index in [2.05, 4.69) is 86.8 Å². The summed E-state index contributed by atoms with van der Waals surface area (Å²) in [5.41, 5.74) is 0. The first-order chi connectivity index (χ1) is 25.6. The Morgan fingerprint density at radius 2 is 0.962 bits per heavy atom. The minimum atomic E-state index is -4.81. The van der Waals surface area contributed by atoms with E-state index in [4.69, 9.17) is 19.3 Å². The van der Waals surface area contributed by atoms with E-state index in [9.17, 15) is 29.1 Å². The van der Waals surface area contributed by atoms with Gasteiger partial charge in [-0.3, -0.25) is 14.4 Å². The molecule has 0 saturated carbocycles. The number of rotatable bonds is 35. The van der Waals surface area contributed by atoms with E-state index in [0.29, 0.717) is 12.8 Å². The standard InChI is InChI=1S/C42H70O10P/c1-3-5-7-9-11-13-15-17-19-21-23-25-27-29-31-33-40(45)50-36-38(37-51-42(39(44)35-43)53(47,48)49)52-41(46)34-32-30-28-26-24-22-20-18-16-14-12-10-8-6-4-2/h5-8,11-14,17-20,38,42-43,47-49H,3-4,9-10,15-16,21-37H2,1-2H3/q+1/t38-,42?/m1/s1. The molecule has 0 rings (SSSR count). The molecule has 0 aromatic heterocycles. The Balaban J connectivity index is 4.49. The smallest absolute Gasteiger partial charge is 0.443 e. The minimum absolute atomic E-state index is 0.129. The summed E-state index contributed by atoms with van der Waals surface area (Å²) >= 11 is 0. The van der Waals surface area contributed by atoms with Gasteiger partial charge in [0.05, 0.1) is 6.61 Å². The van der Waals surface area contributed by atoms with Crippen molar-refractivity contribution in [2.45, 2.75) is 154 Å². The van der Waals surface area contributed by atoms with Gasteiger partial charge in [0.2, 0.25) is 5.78 Å². The van der Waals surface area contributed by atoms with E-state index in [0.717, 1.165) is 103 Å². The summed E-state index contributed by atoms with van der Waals surface area (Å²) in [6.07, 6.45) is 42.5. The van der Waals surface area contributed by atoms with Crippen molar-refractivity contribution < 1.29 is 48.4 Å². The van der Waals surface area contributed by atoms with E-state index in [1.54, 1.807) is 0 Å². The Morgan fingerprint density at radius 3 is 1.42 bits per heavy atom. The number of unbranched alkanes of at least 4 members (excludes halogenated alkanes) is 10. The zero-order valence-electron chi connectivity index (χ0n) is 32.5. The highest BCUT2D eigenvalue weighted by Gasteiger charge is 2.49. The van der Waals surface area contributed by atoms with Crippen LogP contribution in [-0.2, 0) is 28.6 Å². The molecule has 0 aliphatic carbocycles. The fourth-order valence-corrected chi connectivity index (χ4v) is 5.81. The van der Waals surface area contributed by atoms with Crippen molar-refractivity contribution in [2.75, 3.05) is 19.8 Å². The molecule has 11 heteroatoms. The molecular formula is C42H70O10P+. The van der Waals surface area contributed by atoms with E-state index in [1.165, 1.54) is 0 Å². The van der Waals surface area contributed by atoms with Crippen LogP contribution in [0, 0.1) is 0 Å². The van der Waals surface area contributed by atoms with Crippen LogP contribution in [-0.4, -0.2) is 69.3 Å². The Morgan fingerprint density at radius 1 is 0.547 bits per heavy atom. The number of hydrogen-bond acceptors (Lipinski definition) is 10. The summed E-state index contributed by atoms with van der Waals surface area (Å²) in [7, 11) is -4.81. The first-order valence-corrected chi connectivity index (χ1v) is 21.4. The highest BCUT2D eigenvalue weighted by molar-refractivity contribution is 7.60. The van der Waals surface area contributed by atoms with Gasteiger partial charge in [0.25, 0.3) is 0 Å². The number of carbonyl (C=O) groups is 3. The quantitative estimate of drug-likeness (QED) is 0.0212. The zero-order valence-corrected chi connectivity index (χ0v) is 33.4. The van der Waals surface area contributed by atoms with Crippen molar-refractivity contribution in [3.8, 4) is 0 Å². The maximum absolute atomic E-state index is 12.6. The third-order valence-corrected chi connectivity index (χ3v) is 9.04. The van der Waals surface area contributed by atoms with Crippen molar-refractivity contribution in [1.29, 1.82) is 0 Å². The van der Waals surface area contributed by atoms with Crippen LogP contribution in [0.3, 0.4) is 0 Å². The summed E-state index contributed by atoms with van der Waals surface area (Å²) in [5.74, 6) is -4.27. The number of ketones is 1. The fourth-order valence-electron chi connectivity index (χ4n) is 5.06. The van der Waals surface area contributed by atoms with Crippen LogP contribution >= 0.6 is 7.94 Å². The van der Waals surface area contributed by atoms with E-state index in [-0.39, 0.29) is 19.4 Å². The number of hydrogen-bond donors (Lipinski definition) is 4. The molecule has 0 aliphatic rings. The van der Waals surface area contributed by atoms with Crippen molar-refractivity contribution in [1.82, 2.24) is 0 Å². The van der Waals surface area contributed by atoms with Gasteiger partial charge < -0.3 is 19.3 Å². The number of esters is 2. The molecule has 0 aromatic carbocycles. The highest BCUT2D eigenvalue weighted by Crippen LogP contribution is 2.51. The molecule has 4 N–H and O–H groups in total. The first kappa shape index (κ1) is 50.3. The van der Waals surface area contributed by atoms with Gasteiger partial charge in [-0.1, -0.05) is 125 Å². The van der Waals surface area contributed by atoms with Crippen LogP contribution in [0.1, 0.15) is 142 Å². The number of carbonyl (C=O) groups excluding carboxylic acids is 3. The molecule has 0 radical (unpaired) electrons. The molecule has 2 atom stereocenters. The molecule has 302 valence electrons. The molecular weight excluding hydrogens is 695 g/mol. The molecule has 0 fully saturated rings. The average Bonchev–Trinajstić information content (AvgIpc) is 3.13. The Bertz CT molecular complexity index is 1100. The molecule has 0 heterocycles. The number of ether oxygens (including phenoxy) is 3. The molecule has 0 spiro atoms. The summed E-state index contributed by atoms with van der Waals surface area (Å²) in [6, 6.07) is 0. The lowest BCUT2D eigenvalue weighted by Crippen LogP contribution is -2.36. The maximum atomic E-state index is 12.6. The van der Waals surface area contributed by atoms with E-state index >= 15 is 0 Å². The van der Waals surface area contributed by atoms with Gasteiger partial charge in [-0.05, 0) is 77.0 Å². The molecule has 0 saturated heterocycles. The van der Waals surface area contributed by atoms with Crippen LogP contribution in [0.5, 0.6) is 0 Å².